The summed E-state index contributed by atoms with van der Waals surface area (Å²) in [4.78, 5) is 28.9. The van der Waals surface area contributed by atoms with Gasteiger partial charge in [-0.3, -0.25) is 9.69 Å². The maximum atomic E-state index is 13.0. The molecule has 2 unspecified atom stereocenters. The van der Waals surface area contributed by atoms with Crippen molar-refractivity contribution in [2.45, 2.75) is 58.1 Å². The number of imide groups is 1. The van der Waals surface area contributed by atoms with Crippen molar-refractivity contribution < 1.29 is 14.7 Å². The first kappa shape index (κ1) is 20.8. The Kier molecular flexibility index (Phi) is 6.10. The molecule has 1 aromatic rings. The van der Waals surface area contributed by atoms with Gasteiger partial charge in [0, 0.05) is 6.54 Å². The quantitative estimate of drug-likeness (QED) is 0.736. The lowest BCUT2D eigenvalue weighted by atomic mass is 9.90. The molecule has 0 saturated carbocycles. The number of amides is 3. The molecule has 3 rings (SSSR count). The van der Waals surface area contributed by atoms with Crippen LogP contribution in [0.4, 0.5) is 4.79 Å². The van der Waals surface area contributed by atoms with Crippen LogP contribution in [0.5, 0.6) is 0 Å². The van der Waals surface area contributed by atoms with Gasteiger partial charge in [-0.15, -0.1) is 0 Å². The van der Waals surface area contributed by atoms with Gasteiger partial charge in [0.15, 0.2) is 0 Å². The summed E-state index contributed by atoms with van der Waals surface area (Å²) in [6.45, 7) is 10.6. The molecule has 0 aromatic heterocycles. The Hall–Kier alpha value is -1.92. The zero-order valence-electron chi connectivity index (χ0n) is 17.4. The lowest BCUT2D eigenvalue weighted by Gasteiger charge is -2.32. The molecule has 2 aliphatic heterocycles. The number of β-amino-alcohol motifs (C(OH)–C–C–N with tert-alkyl or cyclic N) is 1. The van der Waals surface area contributed by atoms with E-state index in [1.165, 1.54) is 5.56 Å². The number of piperidine rings is 1. The molecular weight excluding hydrogens is 354 g/mol. The molecule has 2 heterocycles. The van der Waals surface area contributed by atoms with Gasteiger partial charge in [-0.05, 0) is 55.8 Å². The Labute approximate surface area is 167 Å². The number of likely N-dealkylation sites (tertiary alicyclic amines) is 1. The summed E-state index contributed by atoms with van der Waals surface area (Å²) in [5, 5.41) is 13.3. The molecule has 6 heteroatoms. The zero-order valence-corrected chi connectivity index (χ0v) is 17.4. The number of carbonyl (C=O) groups is 2. The predicted octanol–water partition coefficient (Wildman–Crippen LogP) is 2.67. The van der Waals surface area contributed by atoms with Crippen molar-refractivity contribution in [1.29, 1.82) is 0 Å². The maximum Gasteiger partial charge on any atom is 0.325 e. The van der Waals surface area contributed by atoms with E-state index in [9.17, 15) is 14.7 Å². The standard InChI is InChI=1S/C22H33N3O3/c1-15(2)17-5-7-18(8-6-17)22(4)20(27)25(21(28)23-22)14-19(26)13-24-11-9-16(3)10-12-24/h5-8,15-16,19,26H,9-14H2,1-4H3,(H,23,28). The molecule has 2 aliphatic rings. The van der Waals surface area contributed by atoms with Gasteiger partial charge in [-0.2, -0.15) is 0 Å². The van der Waals surface area contributed by atoms with E-state index >= 15 is 0 Å². The zero-order chi connectivity index (χ0) is 20.5. The summed E-state index contributed by atoms with van der Waals surface area (Å²) in [6.07, 6.45) is 1.51. The highest BCUT2D eigenvalue weighted by molar-refractivity contribution is 6.07. The van der Waals surface area contributed by atoms with Crippen molar-refractivity contribution in [1.82, 2.24) is 15.1 Å². The van der Waals surface area contributed by atoms with Crippen LogP contribution in [0, 0.1) is 5.92 Å². The van der Waals surface area contributed by atoms with Crippen LogP contribution in [0.1, 0.15) is 57.6 Å². The molecular formula is C22H33N3O3. The van der Waals surface area contributed by atoms with Crippen LogP contribution in [-0.2, 0) is 10.3 Å². The van der Waals surface area contributed by atoms with Gasteiger partial charge in [0.2, 0.25) is 0 Å². The minimum Gasteiger partial charge on any atom is -0.390 e. The number of rotatable bonds is 6. The van der Waals surface area contributed by atoms with Crippen molar-refractivity contribution in [3.63, 3.8) is 0 Å². The van der Waals surface area contributed by atoms with Crippen LogP contribution < -0.4 is 5.32 Å². The Balaban J connectivity index is 1.65. The van der Waals surface area contributed by atoms with Crippen LogP contribution in [0.2, 0.25) is 0 Å². The van der Waals surface area contributed by atoms with Crippen LogP contribution in [0.25, 0.3) is 0 Å². The largest absolute Gasteiger partial charge is 0.390 e. The number of benzene rings is 1. The minimum absolute atomic E-state index is 0.0242. The average molecular weight is 388 g/mol. The fourth-order valence-corrected chi connectivity index (χ4v) is 4.07. The summed E-state index contributed by atoms with van der Waals surface area (Å²) in [5.74, 6) is 0.823. The summed E-state index contributed by atoms with van der Waals surface area (Å²) < 4.78 is 0. The second kappa shape index (κ2) is 8.21. The Morgan fingerprint density at radius 2 is 1.75 bits per heavy atom. The molecule has 2 fully saturated rings. The third-order valence-corrected chi connectivity index (χ3v) is 6.17. The molecule has 1 aromatic carbocycles. The molecule has 3 amide bonds. The minimum atomic E-state index is -1.09. The molecule has 28 heavy (non-hydrogen) atoms. The molecule has 6 nitrogen and oxygen atoms in total. The van der Waals surface area contributed by atoms with Crippen LogP contribution in [-0.4, -0.2) is 59.1 Å². The monoisotopic (exact) mass is 387 g/mol. The first-order valence-electron chi connectivity index (χ1n) is 10.4. The highest BCUT2D eigenvalue weighted by Gasteiger charge is 2.49. The maximum absolute atomic E-state index is 13.0. The highest BCUT2D eigenvalue weighted by Crippen LogP contribution is 2.30. The summed E-state index contributed by atoms with van der Waals surface area (Å²) in [7, 11) is 0. The first-order chi connectivity index (χ1) is 13.2. The molecule has 0 spiro atoms. The lowest BCUT2D eigenvalue weighted by Crippen LogP contribution is -2.45. The molecule has 2 N–H and O–H groups in total. The van der Waals surface area contributed by atoms with Gasteiger partial charge in [-0.25, -0.2) is 4.79 Å². The number of nitrogens with one attached hydrogen (secondary N) is 1. The first-order valence-corrected chi connectivity index (χ1v) is 10.4. The number of urea groups is 1. The third-order valence-electron chi connectivity index (χ3n) is 6.17. The van der Waals surface area contributed by atoms with Gasteiger partial charge in [0.25, 0.3) is 5.91 Å². The molecule has 0 aliphatic carbocycles. The SMILES string of the molecule is CC1CCN(CC(O)CN2C(=O)NC(C)(c3ccc(C(C)C)cc3)C2=O)CC1. The van der Waals surface area contributed by atoms with Crippen molar-refractivity contribution in [2.24, 2.45) is 5.92 Å². The van der Waals surface area contributed by atoms with Gasteiger partial charge >= 0.3 is 6.03 Å². The third kappa shape index (κ3) is 4.23. The second-order valence-corrected chi connectivity index (χ2v) is 8.88. The number of aliphatic hydroxyl groups is 1. The Morgan fingerprint density at radius 1 is 1.14 bits per heavy atom. The van der Waals surface area contributed by atoms with Crippen molar-refractivity contribution in [2.75, 3.05) is 26.2 Å². The van der Waals surface area contributed by atoms with E-state index in [0.29, 0.717) is 12.5 Å². The number of aliphatic hydroxyl groups excluding tert-OH is 1. The van der Waals surface area contributed by atoms with E-state index in [4.69, 9.17) is 0 Å². The highest BCUT2D eigenvalue weighted by atomic mass is 16.3. The second-order valence-electron chi connectivity index (χ2n) is 8.88. The molecule has 2 atom stereocenters. The lowest BCUT2D eigenvalue weighted by molar-refractivity contribution is -0.132. The van der Waals surface area contributed by atoms with E-state index in [2.05, 4.69) is 31.0 Å². The van der Waals surface area contributed by atoms with Crippen molar-refractivity contribution in [3.8, 4) is 0 Å². The van der Waals surface area contributed by atoms with Gasteiger partial charge in [0.1, 0.15) is 5.54 Å². The Morgan fingerprint density at radius 3 is 2.32 bits per heavy atom. The number of hydrogen-bond acceptors (Lipinski definition) is 4. The smallest absolute Gasteiger partial charge is 0.325 e. The summed E-state index contributed by atoms with van der Waals surface area (Å²) >= 11 is 0. The number of hydrogen-bond donors (Lipinski definition) is 2. The molecule has 2 saturated heterocycles. The summed E-state index contributed by atoms with van der Waals surface area (Å²) in [6, 6.07) is 7.37. The van der Waals surface area contributed by atoms with Gasteiger partial charge < -0.3 is 15.3 Å². The summed E-state index contributed by atoms with van der Waals surface area (Å²) in [5.41, 5.74) is 0.858. The fraction of sp³-hybridized carbons (Fsp3) is 0.636. The van der Waals surface area contributed by atoms with Crippen LogP contribution in [0.15, 0.2) is 24.3 Å². The van der Waals surface area contributed by atoms with E-state index in [-0.39, 0.29) is 12.5 Å². The predicted molar refractivity (Wildman–Crippen MR) is 109 cm³/mol. The average Bonchev–Trinajstić information content (AvgIpc) is 2.88. The number of carbonyl (C=O) groups excluding carboxylic acids is 2. The molecule has 0 radical (unpaired) electrons. The van der Waals surface area contributed by atoms with Crippen molar-refractivity contribution in [3.05, 3.63) is 35.4 Å². The van der Waals surface area contributed by atoms with Gasteiger partial charge in [0.05, 0.1) is 12.6 Å². The molecule has 0 bridgehead atoms. The topological polar surface area (TPSA) is 72.9 Å². The van der Waals surface area contributed by atoms with Crippen molar-refractivity contribution >= 4 is 11.9 Å². The molecule has 154 valence electrons. The van der Waals surface area contributed by atoms with Crippen LogP contribution >= 0.6 is 0 Å². The van der Waals surface area contributed by atoms with Gasteiger partial charge in [-0.1, -0.05) is 45.0 Å². The normalized spacial score (nSPS) is 25.4. The van der Waals surface area contributed by atoms with E-state index in [1.807, 2.05) is 24.3 Å². The Bertz CT molecular complexity index is 710. The van der Waals surface area contributed by atoms with E-state index in [0.717, 1.165) is 42.3 Å². The van der Waals surface area contributed by atoms with E-state index < -0.39 is 17.7 Å². The van der Waals surface area contributed by atoms with E-state index in [1.54, 1.807) is 6.92 Å². The van der Waals surface area contributed by atoms with Crippen LogP contribution in [0.3, 0.4) is 0 Å². The number of nitrogens with zero attached hydrogens (tertiary/aromatic N) is 2. The fourth-order valence-electron chi connectivity index (χ4n) is 4.07.